The number of amides is 6. The zero-order valence-corrected chi connectivity index (χ0v) is 25.4. The van der Waals surface area contributed by atoms with E-state index >= 15 is 0 Å². The Hall–Kier alpha value is -4.08. The van der Waals surface area contributed by atoms with Gasteiger partial charge in [-0.05, 0) is 89.8 Å². The van der Waals surface area contributed by atoms with E-state index in [9.17, 15) is 19.2 Å². The summed E-state index contributed by atoms with van der Waals surface area (Å²) in [6.07, 6.45) is 2.81. The highest BCUT2D eigenvalue weighted by atomic mass is 16.5. The molecule has 4 rings (SSSR count). The van der Waals surface area contributed by atoms with Gasteiger partial charge in [-0.2, -0.15) is 0 Å². The van der Waals surface area contributed by atoms with E-state index in [1.165, 1.54) is 9.80 Å². The average Bonchev–Trinajstić information content (AvgIpc) is 3.29. The third-order valence-corrected chi connectivity index (χ3v) is 7.67. The Morgan fingerprint density at radius 2 is 0.929 bits per heavy atom. The van der Waals surface area contributed by atoms with Gasteiger partial charge in [-0.3, -0.25) is 19.4 Å². The summed E-state index contributed by atoms with van der Waals surface area (Å²) in [6, 6.07) is 13.6. The van der Waals surface area contributed by atoms with Gasteiger partial charge in [0.05, 0.1) is 12.2 Å². The number of nitrogens with zero attached hydrogens (tertiary/aromatic N) is 2. The molecule has 0 spiro atoms. The van der Waals surface area contributed by atoms with Crippen molar-refractivity contribution in [1.82, 2.24) is 20.4 Å². The molecule has 2 aromatic carbocycles. The van der Waals surface area contributed by atoms with E-state index in [1.54, 1.807) is 62.4 Å². The molecule has 2 aromatic rings. The van der Waals surface area contributed by atoms with Crippen LogP contribution in [-0.2, 0) is 20.7 Å². The van der Waals surface area contributed by atoms with Crippen LogP contribution in [-0.4, -0.2) is 59.0 Å². The highest BCUT2D eigenvalue weighted by molar-refractivity contribution is 6.07. The molecular weight excluding hydrogens is 536 g/mol. The molecule has 226 valence electrons. The zero-order valence-electron chi connectivity index (χ0n) is 25.4. The smallest absolute Gasteiger partial charge is 0.325 e. The SMILES string of the molecule is CC(C)Oc1ccc([C@@]2(C)NC(=O)N(CCCCCCN3C(=O)N[C@@](C)(c4ccc(OC(C)C)cc4)C3=O)C2=O)cc1. The number of carbonyl (C=O) groups excluding carboxylic acids is 4. The van der Waals surface area contributed by atoms with Gasteiger partial charge in [0.2, 0.25) is 0 Å². The van der Waals surface area contributed by atoms with E-state index in [2.05, 4.69) is 10.6 Å². The van der Waals surface area contributed by atoms with Crippen LogP contribution in [0.25, 0.3) is 0 Å². The van der Waals surface area contributed by atoms with Crippen LogP contribution in [0.3, 0.4) is 0 Å². The minimum absolute atomic E-state index is 0.0382. The van der Waals surface area contributed by atoms with Crippen molar-refractivity contribution in [1.29, 1.82) is 0 Å². The molecule has 2 fully saturated rings. The third kappa shape index (κ3) is 6.37. The summed E-state index contributed by atoms with van der Waals surface area (Å²) in [5.74, 6) is 0.837. The Labute approximate surface area is 247 Å². The van der Waals surface area contributed by atoms with Gasteiger partial charge in [0.1, 0.15) is 22.6 Å². The van der Waals surface area contributed by atoms with Gasteiger partial charge in [-0.15, -0.1) is 0 Å². The molecule has 42 heavy (non-hydrogen) atoms. The highest BCUT2D eigenvalue weighted by Crippen LogP contribution is 2.32. The molecule has 0 aliphatic carbocycles. The van der Waals surface area contributed by atoms with Crippen molar-refractivity contribution in [2.75, 3.05) is 13.1 Å². The van der Waals surface area contributed by atoms with Gasteiger partial charge >= 0.3 is 12.1 Å². The molecule has 2 aliphatic heterocycles. The lowest BCUT2D eigenvalue weighted by Gasteiger charge is -2.23. The maximum absolute atomic E-state index is 13.2. The first-order valence-corrected chi connectivity index (χ1v) is 14.7. The fourth-order valence-electron chi connectivity index (χ4n) is 5.36. The second kappa shape index (κ2) is 12.4. The molecule has 0 aromatic heterocycles. The molecule has 6 amide bonds. The van der Waals surface area contributed by atoms with Crippen molar-refractivity contribution in [2.45, 2.75) is 90.5 Å². The number of unbranched alkanes of at least 4 members (excludes halogenated alkanes) is 3. The molecule has 0 saturated carbocycles. The van der Waals surface area contributed by atoms with Gasteiger partial charge < -0.3 is 20.1 Å². The van der Waals surface area contributed by atoms with Crippen LogP contribution >= 0.6 is 0 Å². The standard InChI is InChI=1S/C32H42N4O6/c1-21(2)41-25-15-11-23(12-16-25)31(5)27(37)35(29(39)33-31)19-9-7-8-10-20-36-28(38)32(6,34-30(36)40)24-13-17-26(18-14-24)42-22(3)4/h11-18,21-22H,7-10,19-20H2,1-6H3,(H,33,39)(H,34,40)/t31-,32+. The van der Waals surface area contributed by atoms with Gasteiger partial charge in [-0.1, -0.05) is 37.1 Å². The minimum atomic E-state index is -1.13. The lowest BCUT2D eigenvalue weighted by Crippen LogP contribution is -2.41. The zero-order chi connectivity index (χ0) is 30.7. The minimum Gasteiger partial charge on any atom is -0.491 e. The number of hydrogen-bond donors (Lipinski definition) is 2. The first kappa shape index (κ1) is 30.9. The van der Waals surface area contributed by atoms with E-state index in [-0.39, 0.29) is 24.0 Å². The van der Waals surface area contributed by atoms with Crippen molar-refractivity contribution in [3.63, 3.8) is 0 Å². The number of hydrogen-bond acceptors (Lipinski definition) is 6. The molecule has 0 radical (unpaired) electrons. The first-order valence-electron chi connectivity index (χ1n) is 14.7. The average molecular weight is 579 g/mol. The normalized spacial score (nSPS) is 22.3. The molecule has 2 heterocycles. The number of rotatable bonds is 13. The summed E-state index contributed by atoms with van der Waals surface area (Å²) in [7, 11) is 0. The van der Waals surface area contributed by atoms with E-state index in [4.69, 9.17) is 9.47 Å². The molecular formula is C32H42N4O6. The predicted molar refractivity (Wildman–Crippen MR) is 158 cm³/mol. The summed E-state index contributed by atoms with van der Waals surface area (Å²) in [5.41, 5.74) is -0.879. The van der Waals surface area contributed by atoms with Gasteiger partial charge in [-0.25, -0.2) is 9.59 Å². The molecule has 2 atom stereocenters. The monoisotopic (exact) mass is 578 g/mol. The van der Waals surface area contributed by atoms with Gasteiger partial charge in [0.25, 0.3) is 11.8 Å². The lowest BCUT2D eigenvalue weighted by atomic mass is 9.92. The number of nitrogens with one attached hydrogen (secondary N) is 2. The van der Waals surface area contributed by atoms with Crippen LogP contribution in [0.4, 0.5) is 9.59 Å². The second-order valence-electron chi connectivity index (χ2n) is 11.8. The van der Waals surface area contributed by atoms with Crippen molar-refractivity contribution >= 4 is 23.9 Å². The van der Waals surface area contributed by atoms with E-state index in [0.717, 1.165) is 12.8 Å². The van der Waals surface area contributed by atoms with Crippen molar-refractivity contribution in [3.05, 3.63) is 59.7 Å². The summed E-state index contributed by atoms with van der Waals surface area (Å²) in [5, 5.41) is 5.68. The van der Waals surface area contributed by atoms with Crippen molar-refractivity contribution in [3.8, 4) is 11.5 Å². The molecule has 10 heteroatoms. The summed E-state index contributed by atoms with van der Waals surface area (Å²) in [4.78, 5) is 54.3. The molecule has 2 saturated heterocycles. The Balaban J connectivity index is 1.24. The fourth-order valence-corrected chi connectivity index (χ4v) is 5.36. The summed E-state index contributed by atoms with van der Waals surface area (Å²) < 4.78 is 11.4. The maximum Gasteiger partial charge on any atom is 0.325 e. The fraction of sp³-hybridized carbons (Fsp3) is 0.500. The number of carbonyl (C=O) groups is 4. The number of ether oxygens (including phenoxy) is 2. The Bertz CT molecular complexity index is 1210. The van der Waals surface area contributed by atoms with E-state index < -0.39 is 23.1 Å². The van der Waals surface area contributed by atoms with Crippen LogP contribution in [0.2, 0.25) is 0 Å². The number of urea groups is 2. The number of imide groups is 2. The van der Waals surface area contributed by atoms with E-state index in [1.807, 2.05) is 27.7 Å². The van der Waals surface area contributed by atoms with Gasteiger partial charge in [0, 0.05) is 13.1 Å². The molecule has 10 nitrogen and oxygen atoms in total. The van der Waals surface area contributed by atoms with Crippen molar-refractivity contribution in [2.24, 2.45) is 0 Å². The lowest BCUT2D eigenvalue weighted by molar-refractivity contribution is -0.132. The Morgan fingerprint density at radius 1 is 0.595 bits per heavy atom. The van der Waals surface area contributed by atoms with Crippen molar-refractivity contribution < 1.29 is 28.7 Å². The topological polar surface area (TPSA) is 117 Å². The summed E-state index contributed by atoms with van der Waals surface area (Å²) in [6.45, 7) is 11.8. The quantitative estimate of drug-likeness (QED) is 0.254. The largest absolute Gasteiger partial charge is 0.491 e. The first-order chi connectivity index (χ1) is 19.8. The molecule has 2 N–H and O–H groups in total. The van der Waals surface area contributed by atoms with Crippen LogP contribution in [0.5, 0.6) is 11.5 Å². The van der Waals surface area contributed by atoms with Gasteiger partial charge in [0.15, 0.2) is 0 Å². The molecule has 0 bridgehead atoms. The Morgan fingerprint density at radius 3 is 1.24 bits per heavy atom. The predicted octanol–water partition coefficient (Wildman–Crippen LogP) is 5.06. The van der Waals surface area contributed by atoms with Crippen LogP contribution in [0.15, 0.2) is 48.5 Å². The van der Waals surface area contributed by atoms with Crippen LogP contribution in [0.1, 0.15) is 78.4 Å². The van der Waals surface area contributed by atoms with E-state index in [0.29, 0.717) is 48.6 Å². The molecule has 0 unspecified atom stereocenters. The summed E-state index contributed by atoms with van der Waals surface area (Å²) >= 11 is 0. The number of benzene rings is 2. The Kier molecular flexibility index (Phi) is 9.13. The van der Waals surface area contributed by atoms with Crippen LogP contribution < -0.4 is 20.1 Å². The molecule has 2 aliphatic rings. The maximum atomic E-state index is 13.2. The van der Waals surface area contributed by atoms with Crippen LogP contribution in [0, 0.1) is 0 Å². The third-order valence-electron chi connectivity index (χ3n) is 7.67. The second-order valence-corrected chi connectivity index (χ2v) is 11.8. The highest BCUT2D eigenvalue weighted by Gasteiger charge is 2.49.